The van der Waals surface area contributed by atoms with Crippen molar-refractivity contribution in [1.29, 1.82) is 5.41 Å². The number of nitrogens with zero attached hydrogens (tertiary/aromatic N) is 6. The van der Waals surface area contributed by atoms with E-state index >= 15 is 4.39 Å². The zero-order valence-electron chi connectivity index (χ0n) is 20.4. The van der Waals surface area contributed by atoms with Gasteiger partial charge in [-0.05, 0) is 17.9 Å². The summed E-state index contributed by atoms with van der Waals surface area (Å²) in [6.07, 6.45) is -3.91. The molecule has 0 saturated carbocycles. The molecule has 0 aliphatic carbocycles. The number of hydrogen-bond donors (Lipinski definition) is 4. The Kier molecular flexibility index (Phi) is 7.82. The molecule has 1 saturated heterocycles. The van der Waals surface area contributed by atoms with Crippen LogP contribution >= 0.6 is 37.4 Å². The standard InChI is InChI=1S/C19H20ClFN8O8P2S2/c20-8-3-9-15(23-4-8)28-1-2-33-38(31,40)34-5-10-12(21)14(37-39(32,41)35-6-11(28)25-9)18(36-10)29-7-24-13-16(29)26-19(22)27-17(13)30/h3-4,7,10,12-14,18H,1-2,5-6H2,(H,31,40)(H,32,41)(H2,22,27,30)/t10-,12-,13?,14-,18+,38?,39?/m1/s1. The number of thiol groups is 1. The molecule has 1 fully saturated rings. The van der Waals surface area contributed by atoms with Crippen molar-refractivity contribution in [1.82, 2.24) is 24.8 Å². The van der Waals surface area contributed by atoms with Crippen LogP contribution in [0.3, 0.4) is 0 Å². The van der Waals surface area contributed by atoms with Gasteiger partial charge in [-0.1, -0.05) is 23.8 Å². The number of amides is 1. The van der Waals surface area contributed by atoms with E-state index in [4.69, 9.17) is 51.6 Å². The topological polar surface area (TPSA) is 195 Å². The normalized spacial score (nSPS) is 36.3. The molecule has 6 rings (SSSR count). The van der Waals surface area contributed by atoms with E-state index in [0.717, 1.165) is 0 Å². The number of hydrogen-bond acceptors (Lipinski definition) is 13. The smallest absolute Gasteiger partial charge is 0.346 e. The maximum Gasteiger partial charge on any atom is 0.387 e. The first-order chi connectivity index (χ1) is 19.4. The number of guanidine groups is 1. The second-order valence-corrected chi connectivity index (χ2v) is 15.1. The molecule has 16 nitrogen and oxygen atoms in total. The lowest BCUT2D eigenvalue weighted by atomic mass is 10.1. The van der Waals surface area contributed by atoms with Gasteiger partial charge in [-0.2, -0.15) is 4.99 Å². The Morgan fingerprint density at radius 2 is 2.15 bits per heavy atom. The van der Waals surface area contributed by atoms with Gasteiger partial charge in [-0.3, -0.25) is 34.5 Å². The van der Waals surface area contributed by atoms with E-state index < -0.39 is 69.2 Å². The number of imidazole rings is 1. The van der Waals surface area contributed by atoms with Gasteiger partial charge < -0.3 is 23.2 Å². The zero-order valence-corrected chi connectivity index (χ0v) is 24.7. The lowest BCUT2D eigenvalue weighted by molar-refractivity contribution is -0.119. The van der Waals surface area contributed by atoms with Crippen molar-refractivity contribution in [3.05, 3.63) is 23.1 Å². The van der Waals surface area contributed by atoms with Gasteiger partial charge in [0.1, 0.15) is 30.2 Å². The average Bonchev–Trinajstić information content (AvgIpc) is 3.55. The molecule has 1 amide bonds. The van der Waals surface area contributed by atoms with Crippen LogP contribution in [-0.2, 0) is 57.1 Å². The Labute approximate surface area is 245 Å². The van der Waals surface area contributed by atoms with Gasteiger partial charge >= 0.3 is 13.5 Å². The van der Waals surface area contributed by atoms with Crippen molar-refractivity contribution in [2.45, 2.75) is 43.8 Å². The summed E-state index contributed by atoms with van der Waals surface area (Å²) in [6.45, 7) is -9.25. The summed E-state index contributed by atoms with van der Waals surface area (Å²) in [5.74, 6) is -0.896. The molecule has 2 aromatic heterocycles. The Balaban J connectivity index is 1.33. The van der Waals surface area contributed by atoms with Gasteiger partial charge in [-0.15, -0.1) is 0 Å². The van der Waals surface area contributed by atoms with Gasteiger partial charge in [0.2, 0.25) is 5.96 Å². The van der Waals surface area contributed by atoms with Crippen molar-refractivity contribution in [3.8, 4) is 0 Å². The maximum absolute atomic E-state index is 15.8. The van der Waals surface area contributed by atoms with E-state index in [0.29, 0.717) is 16.2 Å². The number of alkyl halides is 1. The molecule has 4 aliphatic heterocycles. The van der Waals surface area contributed by atoms with Crippen molar-refractivity contribution in [3.63, 3.8) is 0 Å². The third kappa shape index (κ3) is 5.86. The third-order valence-electron chi connectivity index (χ3n) is 6.32. The van der Waals surface area contributed by atoms with Crippen LogP contribution in [-0.4, -0.2) is 92.2 Å². The molecule has 2 aromatic rings. The number of carbonyl (C=O) groups is 1. The molecule has 6 heterocycles. The van der Waals surface area contributed by atoms with E-state index in [2.05, 4.69) is 37.5 Å². The Morgan fingerprint density at radius 1 is 1.34 bits per heavy atom. The predicted octanol–water partition coefficient (Wildman–Crippen LogP) is 1.53. The van der Waals surface area contributed by atoms with Crippen LogP contribution in [0.15, 0.2) is 22.2 Å². The highest BCUT2D eigenvalue weighted by molar-refractivity contribution is 8.44. The number of rotatable bonds is 1. The highest BCUT2D eigenvalue weighted by Crippen LogP contribution is 2.57. The van der Waals surface area contributed by atoms with Crippen LogP contribution in [0.2, 0.25) is 5.02 Å². The van der Waals surface area contributed by atoms with Crippen molar-refractivity contribution >= 4 is 84.4 Å². The first-order valence-electron chi connectivity index (χ1n) is 11.8. The number of aromatic nitrogens is 3. The molecule has 7 atom stereocenters. The van der Waals surface area contributed by atoms with Crippen molar-refractivity contribution in [2.24, 2.45) is 9.98 Å². The number of pyridine rings is 1. The van der Waals surface area contributed by atoms with Gasteiger partial charge in [0.15, 0.2) is 29.9 Å². The van der Waals surface area contributed by atoms with Crippen LogP contribution in [0.4, 0.5) is 4.39 Å². The lowest BCUT2D eigenvalue weighted by Gasteiger charge is -2.30. The Bertz CT molecular complexity index is 1600. The summed E-state index contributed by atoms with van der Waals surface area (Å²) >= 11 is 15.2. The minimum Gasteiger partial charge on any atom is -0.346 e. The molecule has 41 heavy (non-hydrogen) atoms. The summed E-state index contributed by atoms with van der Waals surface area (Å²) in [5.41, 5.74) is 0.790. The fourth-order valence-corrected chi connectivity index (χ4v) is 7.20. The lowest BCUT2D eigenvalue weighted by Crippen LogP contribution is -2.53. The second kappa shape index (κ2) is 11.0. The number of nitrogens with one attached hydrogen (secondary N) is 2. The molecule has 2 bridgehead atoms. The fourth-order valence-electron chi connectivity index (χ4n) is 4.55. The van der Waals surface area contributed by atoms with Gasteiger partial charge in [0.05, 0.1) is 24.6 Å². The molecule has 4 aliphatic rings. The summed E-state index contributed by atoms with van der Waals surface area (Å²) in [4.78, 5) is 40.8. The third-order valence-corrected chi connectivity index (χ3v) is 9.74. The highest BCUT2D eigenvalue weighted by Gasteiger charge is 2.54. The molecule has 0 radical (unpaired) electrons. The maximum atomic E-state index is 15.8. The average molecular weight is 669 g/mol. The second-order valence-electron chi connectivity index (χ2n) is 8.98. The molecule has 0 spiro atoms. The molecule has 3 unspecified atom stereocenters. The summed E-state index contributed by atoms with van der Waals surface area (Å²) in [5, 5.41) is 10.3. The van der Waals surface area contributed by atoms with Gasteiger partial charge in [-0.25, -0.2) is 18.9 Å². The molecular weight excluding hydrogens is 649 g/mol. The first-order valence-corrected chi connectivity index (χ1v) is 17.4. The number of carbonyl (C=O) groups excluding carboxylic acids is 1. The van der Waals surface area contributed by atoms with E-state index in [1.807, 2.05) is 0 Å². The predicted molar refractivity (Wildman–Crippen MR) is 148 cm³/mol. The summed E-state index contributed by atoms with van der Waals surface area (Å²) in [6, 6.07) is 0.442. The van der Waals surface area contributed by atoms with Crippen molar-refractivity contribution < 1.29 is 41.5 Å². The van der Waals surface area contributed by atoms with E-state index in [9.17, 15) is 14.3 Å². The molecular formula is C19H20ClFN8O8P2S2. The minimum absolute atomic E-state index is 0.0362. The fraction of sp³-hybridized carbons (Fsp3) is 0.474. The Morgan fingerprint density at radius 3 is 2.95 bits per heavy atom. The molecule has 0 aromatic carbocycles. The zero-order chi connectivity index (χ0) is 29.1. The molecule has 220 valence electrons. The highest BCUT2D eigenvalue weighted by atomic mass is 35.5. The SMILES string of the molecule is N=C1N=C2C(N=CN2[C@H]2O[C@@H]3COP(O)(=S)OCCn4c(nc5cc(Cl)cnc54)COP(=O)(S)O[C@@H]2[C@@H]3F)C(=O)N1. The van der Waals surface area contributed by atoms with Crippen LogP contribution in [0, 0.1) is 5.41 Å². The van der Waals surface area contributed by atoms with E-state index in [1.165, 1.54) is 17.4 Å². The number of halogens is 2. The quantitative estimate of drug-likeness (QED) is 0.253. The van der Waals surface area contributed by atoms with Crippen LogP contribution in [0.1, 0.15) is 5.82 Å². The number of amidine groups is 1. The Hall–Kier alpha value is -1.89. The van der Waals surface area contributed by atoms with E-state index in [1.54, 1.807) is 10.6 Å². The summed E-state index contributed by atoms with van der Waals surface area (Å²) in [7, 11) is 0. The number of aliphatic imine (C=N–C) groups is 2. The monoisotopic (exact) mass is 668 g/mol. The molecule has 3 N–H and O–H groups in total. The number of fused-ring (bicyclic) bond motifs is 6. The van der Waals surface area contributed by atoms with E-state index in [-0.39, 0.29) is 24.8 Å². The van der Waals surface area contributed by atoms with Crippen LogP contribution in [0.5, 0.6) is 0 Å². The van der Waals surface area contributed by atoms with Gasteiger partial charge in [0.25, 0.3) is 5.91 Å². The largest absolute Gasteiger partial charge is 0.387 e. The van der Waals surface area contributed by atoms with Crippen LogP contribution in [0.25, 0.3) is 11.2 Å². The van der Waals surface area contributed by atoms with Crippen molar-refractivity contribution in [2.75, 3.05) is 13.2 Å². The first kappa shape index (κ1) is 29.2. The molecule has 22 heteroatoms. The van der Waals surface area contributed by atoms with Gasteiger partial charge in [0, 0.05) is 12.7 Å². The minimum atomic E-state index is -4.32. The van der Waals surface area contributed by atoms with Crippen LogP contribution < -0.4 is 5.32 Å². The number of ether oxygens (including phenoxy) is 1. The summed E-state index contributed by atoms with van der Waals surface area (Å²) < 4.78 is 58.5.